The molecule has 0 spiro atoms. The molecule has 0 aliphatic heterocycles. The molecule has 3 N–H and O–H groups in total. The van der Waals surface area contributed by atoms with Gasteiger partial charge in [0.15, 0.2) is 0 Å². The van der Waals surface area contributed by atoms with Gasteiger partial charge in [-0.05, 0) is 24.7 Å². The van der Waals surface area contributed by atoms with Gasteiger partial charge in [-0.25, -0.2) is 0 Å². The molecule has 0 heterocycles. The van der Waals surface area contributed by atoms with Gasteiger partial charge < -0.3 is 11.1 Å². The van der Waals surface area contributed by atoms with E-state index in [0.717, 1.165) is 17.7 Å². The Bertz CT molecular complexity index is 437. The van der Waals surface area contributed by atoms with Crippen LogP contribution in [0.15, 0.2) is 30.3 Å². The van der Waals surface area contributed by atoms with Crippen LogP contribution < -0.4 is 11.1 Å². The highest BCUT2D eigenvalue weighted by atomic mass is 32.2. The van der Waals surface area contributed by atoms with Crippen molar-refractivity contribution in [1.82, 2.24) is 5.32 Å². The zero-order valence-corrected chi connectivity index (χ0v) is 13.6. The van der Waals surface area contributed by atoms with E-state index in [2.05, 4.69) is 12.2 Å². The molecule has 0 saturated heterocycles. The molecule has 1 rings (SSSR count). The molecule has 0 fully saturated rings. The third-order valence-corrected chi connectivity index (χ3v) is 4.17. The molecule has 0 bridgehead atoms. The molecular weight excluding hydrogens is 288 g/mol. The summed E-state index contributed by atoms with van der Waals surface area (Å²) in [5.74, 6) is 0.392. The lowest BCUT2D eigenvalue weighted by atomic mass is 9.98. The first-order chi connectivity index (χ1) is 9.58. The minimum absolute atomic E-state index is 0.0674. The first kappa shape index (κ1) is 17.0. The lowest BCUT2D eigenvalue weighted by Gasteiger charge is -2.21. The number of thioether (sulfide) groups is 1. The van der Waals surface area contributed by atoms with E-state index in [1.165, 1.54) is 0 Å². The fourth-order valence-electron chi connectivity index (χ4n) is 1.94. The molecule has 3 nitrogen and oxygen atoms in total. The number of benzene rings is 1. The highest BCUT2D eigenvalue weighted by Gasteiger charge is 2.23. The molecule has 0 radical (unpaired) electrons. The molecule has 110 valence electrons. The van der Waals surface area contributed by atoms with Gasteiger partial charge in [0.2, 0.25) is 5.91 Å². The van der Waals surface area contributed by atoms with Crippen LogP contribution in [0.2, 0.25) is 0 Å². The number of carbonyl (C=O) groups excluding carboxylic acids is 1. The van der Waals surface area contributed by atoms with Crippen LogP contribution in [-0.4, -0.2) is 28.9 Å². The third-order valence-electron chi connectivity index (χ3n) is 3.15. The van der Waals surface area contributed by atoms with E-state index in [1.807, 2.05) is 36.6 Å². The summed E-state index contributed by atoms with van der Waals surface area (Å²) in [5.41, 5.74) is 6.81. The summed E-state index contributed by atoms with van der Waals surface area (Å²) in [7, 11) is 0. The van der Waals surface area contributed by atoms with Crippen molar-refractivity contribution in [3.8, 4) is 0 Å². The molecule has 1 aromatic rings. The van der Waals surface area contributed by atoms with Crippen molar-refractivity contribution >= 4 is 34.9 Å². The van der Waals surface area contributed by atoms with Crippen LogP contribution in [0.25, 0.3) is 0 Å². The van der Waals surface area contributed by atoms with Crippen molar-refractivity contribution in [1.29, 1.82) is 0 Å². The minimum atomic E-state index is -0.441. The fourth-order valence-corrected chi connectivity index (χ4v) is 2.85. The Balaban J connectivity index is 2.70. The summed E-state index contributed by atoms with van der Waals surface area (Å²) < 4.78 is 0. The molecule has 20 heavy (non-hydrogen) atoms. The second kappa shape index (κ2) is 8.97. The lowest BCUT2D eigenvalue weighted by molar-refractivity contribution is -0.123. The third kappa shape index (κ3) is 5.51. The maximum absolute atomic E-state index is 12.3. The van der Waals surface area contributed by atoms with Gasteiger partial charge >= 0.3 is 0 Å². The van der Waals surface area contributed by atoms with E-state index in [-0.39, 0.29) is 16.9 Å². The minimum Gasteiger partial charge on any atom is -0.393 e. The maximum Gasteiger partial charge on any atom is 0.230 e. The standard InChI is InChI=1S/C15H22N2OS2/c1-3-12(10-20-2)17-15(18)13(14(16)19)9-11-7-5-4-6-8-11/h4-8,12-13H,3,9-10H2,1-2H3,(H2,16,19)(H,17,18). The van der Waals surface area contributed by atoms with Crippen LogP contribution in [0, 0.1) is 5.92 Å². The zero-order valence-electron chi connectivity index (χ0n) is 12.0. The van der Waals surface area contributed by atoms with Crippen molar-refractivity contribution in [3.63, 3.8) is 0 Å². The number of nitrogens with one attached hydrogen (secondary N) is 1. The summed E-state index contributed by atoms with van der Waals surface area (Å²) in [6.07, 6.45) is 3.49. The normalized spacial score (nSPS) is 13.5. The summed E-state index contributed by atoms with van der Waals surface area (Å²) in [6, 6.07) is 9.99. The number of hydrogen-bond donors (Lipinski definition) is 2. The number of amides is 1. The quantitative estimate of drug-likeness (QED) is 0.724. The number of carbonyl (C=O) groups is 1. The Morgan fingerprint density at radius 3 is 2.55 bits per heavy atom. The second-order valence-corrected chi connectivity index (χ2v) is 6.10. The Labute approximate surface area is 130 Å². The molecule has 5 heteroatoms. The average Bonchev–Trinajstić information content (AvgIpc) is 2.44. The van der Waals surface area contributed by atoms with E-state index >= 15 is 0 Å². The van der Waals surface area contributed by atoms with Crippen LogP contribution in [0.1, 0.15) is 18.9 Å². The highest BCUT2D eigenvalue weighted by molar-refractivity contribution is 7.98. The van der Waals surface area contributed by atoms with Gasteiger partial charge in [0.25, 0.3) is 0 Å². The van der Waals surface area contributed by atoms with Gasteiger partial charge in [-0.1, -0.05) is 49.5 Å². The van der Waals surface area contributed by atoms with Gasteiger partial charge in [-0.15, -0.1) is 0 Å². The van der Waals surface area contributed by atoms with Crippen LogP contribution in [0.4, 0.5) is 0 Å². The molecule has 2 unspecified atom stereocenters. The van der Waals surface area contributed by atoms with Crippen molar-refractivity contribution in [2.75, 3.05) is 12.0 Å². The highest BCUT2D eigenvalue weighted by Crippen LogP contribution is 2.11. The Morgan fingerprint density at radius 2 is 2.05 bits per heavy atom. The monoisotopic (exact) mass is 310 g/mol. The fraction of sp³-hybridized carbons (Fsp3) is 0.467. The van der Waals surface area contributed by atoms with E-state index < -0.39 is 5.92 Å². The smallest absolute Gasteiger partial charge is 0.230 e. The van der Waals surface area contributed by atoms with Crippen LogP contribution in [0.5, 0.6) is 0 Å². The maximum atomic E-state index is 12.3. The Morgan fingerprint density at radius 1 is 1.40 bits per heavy atom. The van der Waals surface area contributed by atoms with Crippen molar-refractivity contribution in [2.45, 2.75) is 25.8 Å². The predicted molar refractivity (Wildman–Crippen MR) is 91.0 cm³/mol. The van der Waals surface area contributed by atoms with E-state index in [9.17, 15) is 4.79 Å². The van der Waals surface area contributed by atoms with Crippen LogP contribution >= 0.6 is 24.0 Å². The molecule has 0 aromatic heterocycles. The summed E-state index contributed by atoms with van der Waals surface area (Å²) in [4.78, 5) is 12.6. The van der Waals surface area contributed by atoms with Gasteiger partial charge in [0, 0.05) is 11.8 Å². The second-order valence-electron chi connectivity index (χ2n) is 4.71. The molecule has 0 saturated carbocycles. The molecule has 1 aromatic carbocycles. The number of nitrogens with two attached hydrogens (primary N) is 1. The largest absolute Gasteiger partial charge is 0.393 e. The van der Waals surface area contributed by atoms with Crippen molar-refractivity contribution < 1.29 is 4.79 Å². The van der Waals surface area contributed by atoms with Gasteiger partial charge in [0.05, 0.1) is 10.9 Å². The Kier molecular flexibility index (Phi) is 7.62. The average molecular weight is 310 g/mol. The zero-order chi connectivity index (χ0) is 15.0. The first-order valence-corrected chi connectivity index (χ1v) is 8.51. The number of hydrogen-bond acceptors (Lipinski definition) is 3. The van der Waals surface area contributed by atoms with E-state index in [0.29, 0.717) is 6.42 Å². The van der Waals surface area contributed by atoms with E-state index in [1.54, 1.807) is 11.8 Å². The topological polar surface area (TPSA) is 55.1 Å². The Hall–Kier alpha value is -1.07. The van der Waals surface area contributed by atoms with Gasteiger partial charge in [0.1, 0.15) is 0 Å². The molecule has 2 atom stereocenters. The predicted octanol–water partition coefficient (Wildman–Crippen LogP) is 2.39. The van der Waals surface area contributed by atoms with Crippen molar-refractivity contribution in [2.24, 2.45) is 11.7 Å². The molecule has 0 aliphatic rings. The van der Waals surface area contributed by atoms with Crippen LogP contribution in [-0.2, 0) is 11.2 Å². The number of rotatable bonds is 8. The molecule has 0 aliphatic carbocycles. The lowest BCUT2D eigenvalue weighted by Crippen LogP contribution is -2.44. The molecule has 1 amide bonds. The first-order valence-electron chi connectivity index (χ1n) is 6.71. The van der Waals surface area contributed by atoms with Crippen LogP contribution in [0.3, 0.4) is 0 Å². The summed E-state index contributed by atoms with van der Waals surface area (Å²) in [6.45, 7) is 2.06. The summed E-state index contributed by atoms with van der Waals surface area (Å²) >= 11 is 6.78. The van der Waals surface area contributed by atoms with E-state index in [4.69, 9.17) is 18.0 Å². The summed E-state index contributed by atoms with van der Waals surface area (Å²) in [5, 5.41) is 3.04. The molecular formula is C15H22N2OS2. The van der Waals surface area contributed by atoms with Crippen molar-refractivity contribution in [3.05, 3.63) is 35.9 Å². The van der Waals surface area contributed by atoms with Gasteiger partial charge in [-0.2, -0.15) is 11.8 Å². The number of thiocarbonyl (C=S) groups is 1. The SMILES string of the molecule is CCC(CSC)NC(=O)C(Cc1ccccc1)C(N)=S. The van der Waals surface area contributed by atoms with Gasteiger partial charge in [-0.3, -0.25) is 4.79 Å².